The smallest absolute Gasteiger partial charge is 0.177 e. The highest BCUT2D eigenvalue weighted by Gasteiger charge is 2.11. The van der Waals surface area contributed by atoms with Crippen molar-refractivity contribution in [2.45, 2.75) is 6.29 Å². The molecular formula is C15H15NO3. The van der Waals surface area contributed by atoms with E-state index in [1.807, 2.05) is 36.4 Å². The van der Waals surface area contributed by atoms with E-state index in [2.05, 4.69) is 4.98 Å². The van der Waals surface area contributed by atoms with Crippen LogP contribution in [-0.2, 0) is 9.47 Å². The highest BCUT2D eigenvalue weighted by atomic mass is 16.7. The van der Waals surface area contributed by atoms with Gasteiger partial charge in [-0.2, -0.15) is 0 Å². The Morgan fingerprint density at radius 3 is 2.89 bits per heavy atom. The van der Waals surface area contributed by atoms with Crippen LogP contribution in [0.25, 0.3) is 17.0 Å². The molecule has 1 aliphatic rings. The van der Waals surface area contributed by atoms with Crippen molar-refractivity contribution in [3.05, 3.63) is 42.1 Å². The maximum absolute atomic E-state index is 5.38. The first kappa shape index (κ1) is 12.1. The van der Waals surface area contributed by atoms with Gasteiger partial charge in [-0.15, -0.1) is 0 Å². The van der Waals surface area contributed by atoms with E-state index in [9.17, 15) is 0 Å². The van der Waals surface area contributed by atoms with Gasteiger partial charge >= 0.3 is 0 Å². The topological polar surface area (TPSA) is 40.6 Å². The van der Waals surface area contributed by atoms with Crippen LogP contribution >= 0.6 is 0 Å². The number of rotatable bonds is 3. The van der Waals surface area contributed by atoms with Crippen LogP contribution in [0.4, 0.5) is 0 Å². The summed E-state index contributed by atoms with van der Waals surface area (Å²) in [6.07, 6.45) is 5.48. The largest absolute Gasteiger partial charge is 0.497 e. The van der Waals surface area contributed by atoms with Crippen molar-refractivity contribution in [3.8, 4) is 5.75 Å². The lowest BCUT2D eigenvalue weighted by molar-refractivity contribution is -0.000904. The van der Waals surface area contributed by atoms with Gasteiger partial charge in [-0.1, -0.05) is 6.08 Å². The van der Waals surface area contributed by atoms with E-state index in [1.165, 1.54) is 0 Å². The Balaban J connectivity index is 1.94. The normalized spacial score (nSPS) is 16.5. The molecule has 4 nitrogen and oxygen atoms in total. The summed E-state index contributed by atoms with van der Waals surface area (Å²) in [6, 6.07) is 7.84. The van der Waals surface area contributed by atoms with E-state index >= 15 is 0 Å². The minimum Gasteiger partial charge on any atom is -0.497 e. The zero-order chi connectivity index (χ0) is 13.1. The minimum absolute atomic E-state index is 0.235. The SMILES string of the molecule is COc1ccc2c(C=CC3OCCO3)ccnc2c1. The third-order valence-corrected chi connectivity index (χ3v) is 3.06. The highest BCUT2D eigenvalue weighted by molar-refractivity contribution is 5.88. The maximum atomic E-state index is 5.38. The summed E-state index contributed by atoms with van der Waals surface area (Å²) in [5, 5.41) is 1.08. The molecule has 1 aromatic carbocycles. The molecule has 0 atom stereocenters. The fourth-order valence-electron chi connectivity index (χ4n) is 2.09. The molecule has 0 unspecified atom stereocenters. The number of hydrogen-bond donors (Lipinski definition) is 0. The molecule has 2 aromatic rings. The Bertz CT molecular complexity index is 603. The zero-order valence-corrected chi connectivity index (χ0v) is 10.7. The summed E-state index contributed by atoms with van der Waals surface area (Å²) in [4.78, 5) is 4.35. The van der Waals surface area contributed by atoms with E-state index in [0.717, 1.165) is 22.2 Å². The van der Waals surface area contributed by atoms with Gasteiger partial charge in [0, 0.05) is 17.6 Å². The van der Waals surface area contributed by atoms with Gasteiger partial charge in [0.1, 0.15) is 5.75 Å². The van der Waals surface area contributed by atoms with E-state index in [4.69, 9.17) is 14.2 Å². The summed E-state index contributed by atoms with van der Waals surface area (Å²) in [7, 11) is 1.65. The highest BCUT2D eigenvalue weighted by Crippen LogP contribution is 2.23. The molecule has 1 saturated heterocycles. The molecule has 19 heavy (non-hydrogen) atoms. The van der Waals surface area contributed by atoms with Crippen molar-refractivity contribution in [2.24, 2.45) is 0 Å². The van der Waals surface area contributed by atoms with Crippen molar-refractivity contribution < 1.29 is 14.2 Å². The van der Waals surface area contributed by atoms with E-state index in [-0.39, 0.29) is 6.29 Å². The molecule has 0 spiro atoms. The van der Waals surface area contributed by atoms with Crippen LogP contribution in [0.2, 0.25) is 0 Å². The van der Waals surface area contributed by atoms with Crippen molar-refractivity contribution in [2.75, 3.05) is 20.3 Å². The molecule has 4 heteroatoms. The van der Waals surface area contributed by atoms with Crippen molar-refractivity contribution in [3.63, 3.8) is 0 Å². The molecule has 1 aliphatic heterocycles. The Morgan fingerprint density at radius 2 is 2.11 bits per heavy atom. The summed E-state index contributed by atoms with van der Waals surface area (Å²) < 4.78 is 16.0. The van der Waals surface area contributed by atoms with Crippen molar-refractivity contribution >= 4 is 17.0 Å². The zero-order valence-electron chi connectivity index (χ0n) is 10.7. The standard InChI is InChI=1S/C15H15NO3/c1-17-12-3-4-13-11(6-7-16-14(13)10-12)2-5-15-18-8-9-19-15/h2-7,10,15H,8-9H2,1H3. The van der Waals surface area contributed by atoms with Crippen LogP contribution < -0.4 is 4.74 Å². The molecule has 0 saturated carbocycles. The number of pyridine rings is 1. The quantitative estimate of drug-likeness (QED) is 0.847. The molecule has 0 N–H and O–H groups in total. The number of ether oxygens (including phenoxy) is 3. The molecule has 1 aromatic heterocycles. The number of benzene rings is 1. The third-order valence-electron chi connectivity index (χ3n) is 3.06. The number of aromatic nitrogens is 1. The lowest BCUT2D eigenvalue weighted by Crippen LogP contribution is -2.01. The predicted octanol–water partition coefficient (Wildman–Crippen LogP) is 2.63. The lowest BCUT2D eigenvalue weighted by atomic mass is 10.1. The van der Waals surface area contributed by atoms with Gasteiger partial charge in [-0.05, 0) is 29.8 Å². The third kappa shape index (κ3) is 2.59. The van der Waals surface area contributed by atoms with Crippen molar-refractivity contribution in [1.82, 2.24) is 4.98 Å². The van der Waals surface area contributed by atoms with Crippen LogP contribution in [0, 0.1) is 0 Å². The fraction of sp³-hybridized carbons (Fsp3) is 0.267. The molecular weight excluding hydrogens is 242 g/mol. The van der Waals surface area contributed by atoms with Gasteiger partial charge in [0.25, 0.3) is 0 Å². The Hall–Kier alpha value is -1.91. The van der Waals surface area contributed by atoms with Gasteiger partial charge < -0.3 is 14.2 Å². The van der Waals surface area contributed by atoms with Crippen LogP contribution in [-0.4, -0.2) is 31.6 Å². The van der Waals surface area contributed by atoms with Gasteiger partial charge in [-0.3, -0.25) is 4.98 Å². The Morgan fingerprint density at radius 1 is 1.26 bits per heavy atom. The van der Waals surface area contributed by atoms with Crippen molar-refractivity contribution in [1.29, 1.82) is 0 Å². The monoisotopic (exact) mass is 257 g/mol. The van der Waals surface area contributed by atoms with Crippen LogP contribution in [0.1, 0.15) is 5.56 Å². The van der Waals surface area contributed by atoms with E-state index in [0.29, 0.717) is 13.2 Å². The first-order chi connectivity index (χ1) is 9.36. The van der Waals surface area contributed by atoms with Gasteiger partial charge in [-0.25, -0.2) is 0 Å². The van der Waals surface area contributed by atoms with Crippen LogP contribution in [0.15, 0.2) is 36.5 Å². The minimum atomic E-state index is -0.235. The average molecular weight is 257 g/mol. The molecule has 1 fully saturated rings. The fourth-order valence-corrected chi connectivity index (χ4v) is 2.09. The number of fused-ring (bicyclic) bond motifs is 1. The van der Waals surface area contributed by atoms with E-state index < -0.39 is 0 Å². The summed E-state index contributed by atoms with van der Waals surface area (Å²) in [5.41, 5.74) is 2.00. The average Bonchev–Trinajstić information content (AvgIpc) is 2.97. The Kier molecular flexibility index (Phi) is 3.44. The second-order valence-electron chi connectivity index (χ2n) is 4.25. The molecule has 98 valence electrons. The number of methoxy groups -OCH3 is 1. The van der Waals surface area contributed by atoms with Gasteiger partial charge in [0.2, 0.25) is 0 Å². The second kappa shape index (κ2) is 5.38. The summed E-state index contributed by atoms with van der Waals surface area (Å²) >= 11 is 0. The maximum Gasteiger partial charge on any atom is 0.177 e. The van der Waals surface area contributed by atoms with Gasteiger partial charge in [0.05, 0.1) is 25.8 Å². The van der Waals surface area contributed by atoms with Crippen LogP contribution in [0.5, 0.6) is 5.75 Å². The summed E-state index contributed by atoms with van der Waals surface area (Å²) in [6.45, 7) is 1.31. The molecule has 3 rings (SSSR count). The first-order valence-corrected chi connectivity index (χ1v) is 6.21. The summed E-state index contributed by atoms with van der Waals surface area (Å²) in [5.74, 6) is 0.809. The number of hydrogen-bond acceptors (Lipinski definition) is 4. The molecule has 0 radical (unpaired) electrons. The second-order valence-corrected chi connectivity index (χ2v) is 4.25. The molecule has 0 aliphatic carbocycles. The first-order valence-electron chi connectivity index (χ1n) is 6.21. The Labute approximate surface area is 111 Å². The van der Waals surface area contributed by atoms with E-state index in [1.54, 1.807) is 13.3 Å². The predicted molar refractivity (Wildman–Crippen MR) is 73.0 cm³/mol. The lowest BCUT2D eigenvalue weighted by Gasteiger charge is -2.05. The molecule has 2 heterocycles. The van der Waals surface area contributed by atoms with Gasteiger partial charge in [0.15, 0.2) is 6.29 Å². The molecule has 0 amide bonds. The number of nitrogens with zero attached hydrogens (tertiary/aromatic N) is 1. The van der Waals surface area contributed by atoms with Crippen LogP contribution in [0.3, 0.4) is 0 Å². The molecule has 0 bridgehead atoms.